The van der Waals surface area contributed by atoms with Gasteiger partial charge in [0.2, 0.25) is 10.0 Å². The highest BCUT2D eigenvalue weighted by atomic mass is 32.2. The van der Waals surface area contributed by atoms with Gasteiger partial charge in [-0.3, -0.25) is 4.98 Å². The van der Waals surface area contributed by atoms with Crippen molar-refractivity contribution in [3.63, 3.8) is 0 Å². The second-order valence-corrected chi connectivity index (χ2v) is 5.94. The molecule has 1 heterocycles. The Labute approximate surface area is 116 Å². The first-order valence-corrected chi connectivity index (χ1v) is 7.52. The van der Waals surface area contributed by atoms with Crippen LogP contribution in [-0.4, -0.2) is 25.9 Å². The molecule has 0 amide bonds. The highest BCUT2D eigenvalue weighted by Gasteiger charge is 2.17. The summed E-state index contributed by atoms with van der Waals surface area (Å²) in [7, 11) is -3.71. The lowest BCUT2D eigenvalue weighted by Gasteiger charge is -2.09. The Hall–Kier alpha value is -1.99. The molecule has 0 aliphatic heterocycles. The third-order valence-electron chi connectivity index (χ3n) is 2.73. The Balaban J connectivity index is 2.21. The summed E-state index contributed by atoms with van der Waals surface area (Å²) in [5.41, 5.74) is 0.391. The summed E-state index contributed by atoms with van der Waals surface area (Å²) in [6.07, 6.45) is 1.52. The van der Waals surface area contributed by atoms with Gasteiger partial charge in [0, 0.05) is 24.1 Å². The van der Waals surface area contributed by atoms with Crippen molar-refractivity contribution in [2.45, 2.75) is 17.7 Å². The number of carbonyl (C=O) groups is 1. The molecule has 7 heteroatoms. The zero-order chi connectivity index (χ0) is 14.6. The number of carboxylic acid groups (broad SMARTS) is 1. The largest absolute Gasteiger partial charge is 0.550 e. The molecule has 1 aromatic carbocycles. The van der Waals surface area contributed by atoms with E-state index in [1.54, 1.807) is 24.3 Å². The van der Waals surface area contributed by atoms with Crippen LogP contribution in [0.2, 0.25) is 0 Å². The molecule has 2 aromatic rings. The van der Waals surface area contributed by atoms with Gasteiger partial charge in [-0.15, -0.1) is 0 Å². The molecule has 106 valence electrons. The predicted octanol–water partition coefficient (Wildman–Crippen LogP) is 0.0432. The zero-order valence-electron chi connectivity index (χ0n) is 10.6. The molecule has 0 fully saturated rings. The number of fused-ring (bicyclic) bond motifs is 1. The number of nitrogens with zero attached hydrogens (tertiary/aromatic N) is 1. The third-order valence-corrected chi connectivity index (χ3v) is 4.23. The van der Waals surface area contributed by atoms with Crippen molar-refractivity contribution in [2.75, 3.05) is 6.54 Å². The van der Waals surface area contributed by atoms with Gasteiger partial charge in [-0.25, -0.2) is 13.1 Å². The maximum atomic E-state index is 12.2. The summed E-state index contributed by atoms with van der Waals surface area (Å²) in [6, 6.07) is 8.39. The highest BCUT2D eigenvalue weighted by Crippen LogP contribution is 2.20. The quantitative estimate of drug-likeness (QED) is 0.758. The number of benzene rings is 1. The number of hydrogen-bond acceptors (Lipinski definition) is 5. The lowest BCUT2D eigenvalue weighted by Crippen LogP contribution is -2.28. The summed E-state index contributed by atoms with van der Waals surface area (Å²) in [5.74, 6) is -1.20. The first-order valence-electron chi connectivity index (χ1n) is 6.04. The fourth-order valence-corrected chi connectivity index (χ4v) is 3.06. The van der Waals surface area contributed by atoms with Crippen molar-refractivity contribution in [3.8, 4) is 0 Å². The van der Waals surface area contributed by atoms with Gasteiger partial charge in [-0.2, -0.15) is 0 Å². The molecule has 0 saturated carbocycles. The topological polar surface area (TPSA) is 99.2 Å². The Morgan fingerprint density at radius 2 is 2.00 bits per heavy atom. The Bertz CT molecular complexity index is 723. The van der Waals surface area contributed by atoms with Gasteiger partial charge in [0.15, 0.2) is 0 Å². The number of rotatable bonds is 6. The minimum absolute atomic E-state index is 0.0412. The molecule has 0 unspecified atom stereocenters. The second-order valence-electron chi connectivity index (χ2n) is 4.20. The molecule has 0 saturated heterocycles. The number of carbonyl (C=O) groups excluding carboxylic acids is 1. The molecular formula is C13H13N2O4S-. The fourth-order valence-electron chi connectivity index (χ4n) is 1.81. The van der Waals surface area contributed by atoms with Gasteiger partial charge in [0.05, 0.1) is 5.52 Å². The number of sulfonamides is 1. The summed E-state index contributed by atoms with van der Waals surface area (Å²) >= 11 is 0. The van der Waals surface area contributed by atoms with E-state index in [1.165, 1.54) is 12.3 Å². The molecule has 1 aromatic heterocycles. The van der Waals surface area contributed by atoms with Crippen LogP contribution in [0, 0.1) is 0 Å². The maximum absolute atomic E-state index is 12.2. The zero-order valence-corrected chi connectivity index (χ0v) is 11.4. The summed E-state index contributed by atoms with van der Waals surface area (Å²) in [6.45, 7) is 0.0412. The van der Waals surface area contributed by atoms with Crippen LogP contribution in [0.1, 0.15) is 12.8 Å². The molecule has 1 N–H and O–H groups in total. The number of aromatic nitrogens is 1. The van der Waals surface area contributed by atoms with Crippen LogP contribution in [0.5, 0.6) is 0 Å². The van der Waals surface area contributed by atoms with Gasteiger partial charge >= 0.3 is 0 Å². The maximum Gasteiger partial charge on any atom is 0.242 e. The minimum Gasteiger partial charge on any atom is -0.550 e. The number of nitrogens with one attached hydrogen (secondary N) is 1. The predicted molar refractivity (Wildman–Crippen MR) is 71.2 cm³/mol. The molecule has 6 nitrogen and oxygen atoms in total. The van der Waals surface area contributed by atoms with Crippen LogP contribution in [0.15, 0.2) is 41.4 Å². The molecule has 0 spiro atoms. The average molecular weight is 293 g/mol. The molecule has 2 rings (SSSR count). The van der Waals surface area contributed by atoms with Crippen LogP contribution in [-0.2, 0) is 14.8 Å². The minimum atomic E-state index is -3.71. The van der Waals surface area contributed by atoms with Crippen molar-refractivity contribution < 1.29 is 18.3 Å². The van der Waals surface area contributed by atoms with Crippen molar-refractivity contribution in [1.29, 1.82) is 0 Å². The normalized spacial score (nSPS) is 11.6. The lowest BCUT2D eigenvalue weighted by atomic mass is 10.2. The average Bonchev–Trinajstić information content (AvgIpc) is 2.43. The van der Waals surface area contributed by atoms with E-state index in [-0.39, 0.29) is 24.3 Å². The second kappa shape index (κ2) is 5.98. The van der Waals surface area contributed by atoms with Gasteiger partial charge in [-0.1, -0.05) is 18.2 Å². The van der Waals surface area contributed by atoms with E-state index in [2.05, 4.69) is 9.71 Å². The SMILES string of the molecule is O=C([O-])CCCNS(=O)(=O)c1cccc2cccnc12. The van der Waals surface area contributed by atoms with Crippen molar-refractivity contribution >= 4 is 26.9 Å². The van der Waals surface area contributed by atoms with Gasteiger partial charge in [-0.05, 0) is 25.0 Å². The standard InChI is InChI=1S/C13H14N2O4S/c16-12(17)7-3-9-15-20(18,19)11-6-1-4-10-5-2-8-14-13(10)11/h1-2,4-6,8,15H,3,7,9H2,(H,16,17)/p-1. The highest BCUT2D eigenvalue weighted by molar-refractivity contribution is 7.89. The summed E-state index contributed by atoms with van der Waals surface area (Å²) in [5, 5.41) is 11.0. The first kappa shape index (κ1) is 14.4. The molecule has 0 aliphatic rings. The summed E-state index contributed by atoms with van der Waals surface area (Å²) < 4.78 is 26.7. The van der Waals surface area contributed by atoms with Crippen molar-refractivity contribution in [3.05, 3.63) is 36.5 Å². The van der Waals surface area contributed by atoms with E-state index in [9.17, 15) is 18.3 Å². The van der Waals surface area contributed by atoms with Crippen molar-refractivity contribution in [2.24, 2.45) is 0 Å². The number of hydrogen-bond donors (Lipinski definition) is 1. The molecular weight excluding hydrogens is 280 g/mol. The fraction of sp³-hybridized carbons (Fsp3) is 0.231. The van der Waals surface area contributed by atoms with Crippen LogP contribution >= 0.6 is 0 Å². The van der Waals surface area contributed by atoms with Gasteiger partial charge < -0.3 is 9.90 Å². The molecule has 0 aliphatic carbocycles. The Morgan fingerprint density at radius 1 is 1.25 bits per heavy atom. The van der Waals surface area contributed by atoms with Crippen LogP contribution in [0.25, 0.3) is 10.9 Å². The molecule has 0 atom stereocenters. The van der Waals surface area contributed by atoms with E-state index >= 15 is 0 Å². The van der Waals surface area contributed by atoms with E-state index < -0.39 is 16.0 Å². The molecule has 0 bridgehead atoms. The molecule has 20 heavy (non-hydrogen) atoms. The number of para-hydroxylation sites is 1. The van der Waals surface area contributed by atoms with Crippen LogP contribution in [0.3, 0.4) is 0 Å². The van der Waals surface area contributed by atoms with E-state index in [1.807, 2.05) is 0 Å². The Kier molecular flexibility index (Phi) is 4.31. The lowest BCUT2D eigenvalue weighted by molar-refractivity contribution is -0.305. The van der Waals surface area contributed by atoms with Crippen LogP contribution in [0.4, 0.5) is 0 Å². The Morgan fingerprint density at radius 3 is 2.75 bits per heavy atom. The number of pyridine rings is 1. The monoisotopic (exact) mass is 293 g/mol. The number of carboxylic acids is 1. The van der Waals surface area contributed by atoms with E-state index in [0.29, 0.717) is 5.52 Å². The first-order chi connectivity index (χ1) is 9.50. The molecule has 0 radical (unpaired) electrons. The summed E-state index contributed by atoms with van der Waals surface area (Å²) in [4.78, 5) is 14.4. The van der Waals surface area contributed by atoms with E-state index in [4.69, 9.17) is 0 Å². The van der Waals surface area contributed by atoms with Crippen LogP contribution < -0.4 is 9.83 Å². The number of aliphatic carboxylic acids is 1. The van der Waals surface area contributed by atoms with E-state index in [0.717, 1.165) is 5.39 Å². The smallest absolute Gasteiger partial charge is 0.242 e. The van der Waals surface area contributed by atoms with Gasteiger partial charge in [0.1, 0.15) is 4.90 Å². The van der Waals surface area contributed by atoms with Crippen molar-refractivity contribution in [1.82, 2.24) is 9.71 Å². The third kappa shape index (κ3) is 3.31. The van der Waals surface area contributed by atoms with Gasteiger partial charge in [0.25, 0.3) is 0 Å².